The quantitative estimate of drug-likeness (QED) is 0.441. The number of hydrogen-bond donors (Lipinski definition) is 2. The van der Waals surface area contributed by atoms with Crippen LogP contribution in [0.2, 0.25) is 0 Å². The summed E-state index contributed by atoms with van der Waals surface area (Å²) in [5.41, 5.74) is 0. The molecule has 0 heterocycles. The smallest absolute Gasteiger partial charge is 0.449 e. The van der Waals surface area contributed by atoms with Gasteiger partial charge in [-0.2, -0.15) is 0 Å². The van der Waals surface area contributed by atoms with E-state index in [0.29, 0.717) is 0 Å². The molecule has 1 rings (SSSR count). The molecular formula is C6H9NO4. The molecule has 2 N–H and O–H groups in total. The minimum atomic E-state index is -1.57. The molecule has 0 aromatic carbocycles. The zero-order valence-electron chi connectivity index (χ0n) is 5.87. The maximum absolute atomic E-state index is 10.5. The van der Waals surface area contributed by atoms with Gasteiger partial charge in [0.1, 0.15) is 0 Å². The average molecular weight is 159 g/mol. The van der Waals surface area contributed by atoms with Gasteiger partial charge in [0.25, 0.3) is 0 Å². The van der Waals surface area contributed by atoms with Crippen LogP contribution < -0.4 is 5.32 Å². The van der Waals surface area contributed by atoms with Crippen LogP contribution in [0.25, 0.3) is 0 Å². The number of carboxylic acid groups (broad SMARTS) is 1. The topological polar surface area (TPSA) is 75.6 Å². The Kier molecular flexibility index (Phi) is 2.30. The molecule has 1 aliphatic carbocycles. The molecule has 1 aliphatic rings. The van der Waals surface area contributed by atoms with Crippen molar-refractivity contribution in [1.29, 1.82) is 0 Å². The Morgan fingerprint density at radius 1 is 1.45 bits per heavy atom. The van der Waals surface area contributed by atoms with E-state index in [2.05, 4.69) is 10.1 Å². The number of amides is 1. The van der Waals surface area contributed by atoms with E-state index in [0.717, 1.165) is 19.3 Å². The molecule has 0 unspecified atom stereocenters. The first-order valence-electron chi connectivity index (χ1n) is 3.40. The first-order valence-corrected chi connectivity index (χ1v) is 3.40. The zero-order valence-corrected chi connectivity index (χ0v) is 5.87. The van der Waals surface area contributed by atoms with E-state index in [-0.39, 0.29) is 6.04 Å². The standard InChI is InChI=1S/C6H9NO4/c8-5(11-6(9)10)7-4-2-1-3-4/h4H,1-3H2,(H,7,8)(H,9,10). The van der Waals surface area contributed by atoms with Crippen molar-refractivity contribution in [3.63, 3.8) is 0 Å². The first-order chi connectivity index (χ1) is 5.18. The third-order valence-electron chi connectivity index (χ3n) is 1.61. The molecule has 0 aromatic heterocycles. The molecule has 11 heavy (non-hydrogen) atoms. The lowest BCUT2D eigenvalue weighted by Crippen LogP contribution is -2.40. The molecule has 0 bridgehead atoms. The average Bonchev–Trinajstić information content (AvgIpc) is 1.77. The van der Waals surface area contributed by atoms with Crippen LogP contribution in [-0.2, 0) is 4.74 Å². The van der Waals surface area contributed by atoms with Crippen molar-refractivity contribution >= 4 is 12.2 Å². The van der Waals surface area contributed by atoms with Crippen LogP contribution in [-0.4, -0.2) is 23.4 Å². The lowest BCUT2D eigenvalue weighted by Gasteiger charge is -2.25. The molecule has 1 amide bonds. The fourth-order valence-electron chi connectivity index (χ4n) is 0.828. The summed E-state index contributed by atoms with van der Waals surface area (Å²) in [5.74, 6) is 0. The zero-order chi connectivity index (χ0) is 8.27. The SMILES string of the molecule is O=C(O)OC(=O)NC1CCC1. The Morgan fingerprint density at radius 2 is 2.09 bits per heavy atom. The van der Waals surface area contributed by atoms with Crippen LogP contribution in [0.15, 0.2) is 0 Å². The van der Waals surface area contributed by atoms with Crippen molar-refractivity contribution in [3.05, 3.63) is 0 Å². The van der Waals surface area contributed by atoms with Crippen molar-refractivity contribution in [3.8, 4) is 0 Å². The summed E-state index contributed by atoms with van der Waals surface area (Å²) in [5, 5.41) is 10.4. The molecule has 1 saturated carbocycles. The van der Waals surface area contributed by atoms with E-state index in [1.54, 1.807) is 0 Å². The molecule has 0 radical (unpaired) electrons. The Hall–Kier alpha value is -1.26. The van der Waals surface area contributed by atoms with Gasteiger partial charge in [-0.25, -0.2) is 9.59 Å². The van der Waals surface area contributed by atoms with Crippen molar-refractivity contribution in [1.82, 2.24) is 5.32 Å². The third kappa shape index (κ3) is 2.45. The van der Waals surface area contributed by atoms with Crippen LogP contribution >= 0.6 is 0 Å². The molecule has 0 spiro atoms. The predicted molar refractivity (Wildman–Crippen MR) is 35.3 cm³/mol. The third-order valence-corrected chi connectivity index (χ3v) is 1.61. The second-order valence-electron chi connectivity index (χ2n) is 2.43. The second kappa shape index (κ2) is 3.23. The number of carbonyl (C=O) groups is 2. The van der Waals surface area contributed by atoms with E-state index >= 15 is 0 Å². The van der Waals surface area contributed by atoms with Gasteiger partial charge in [-0.05, 0) is 19.3 Å². The predicted octanol–water partition coefficient (Wildman–Crippen LogP) is 0.943. The van der Waals surface area contributed by atoms with Gasteiger partial charge in [0.15, 0.2) is 0 Å². The van der Waals surface area contributed by atoms with Crippen LogP contribution in [0.5, 0.6) is 0 Å². The highest BCUT2D eigenvalue weighted by Gasteiger charge is 2.20. The highest BCUT2D eigenvalue weighted by atomic mass is 16.7. The fourth-order valence-corrected chi connectivity index (χ4v) is 0.828. The number of rotatable bonds is 1. The fraction of sp³-hybridized carbons (Fsp3) is 0.667. The second-order valence-corrected chi connectivity index (χ2v) is 2.43. The largest absolute Gasteiger partial charge is 0.514 e. The maximum atomic E-state index is 10.5. The number of ether oxygens (including phenoxy) is 1. The minimum Gasteiger partial charge on any atom is -0.449 e. The van der Waals surface area contributed by atoms with E-state index in [1.807, 2.05) is 0 Å². The highest BCUT2D eigenvalue weighted by Crippen LogP contribution is 2.17. The van der Waals surface area contributed by atoms with Crippen LogP contribution in [0.1, 0.15) is 19.3 Å². The number of hydrogen-bond acceptors (Lipinski definition) is 3. The summed E-state index contributed by atoms with van der Waals surface area (Å²) in [7, 11) is 0. The van der Waals surface area contributed by atoms with E-state index in [4.69, 9.17) is 5.11 Å². The summed E-state index contributed by atoms with van der Waals surface area (Å²) in [6.45, 7) is 0. The van der Waals surface area contributed by atoms with E-state index in [1.165, 1.54) is 0 Å². The summed E-state index contributed by atoms with van der Waals surface area (Å²) in [6, 6.07) is 0.113. The molecule has 0 saturated heterocycles. The van der Waals surface area contributed by atoms with Crippen molar-refractivity contribution < 1.29 is 19.4 Å². The van der Waals surface area contributed by atoms with Gasteiger partial charge in [-0.3, -0.25) is 0 Å². The molecule has 0 atom stereocenters. The Balaban J connectivity index is 2.14. The monoisotopic (exact) mass is 159 g/mol. The van der Waals surface area contributed by atoms with Gasteiger partial charge in [0.2, 0.25) is 0 Å². The summed E-state index contributed by atoms with van der Waals surface area (Å²) >= 11 is 0. The van der Waals surface area contributed by atoms with Gasteiger partial charge in [-0.15, -0.1) is 0 Å². The van der Waals surface area contributed by atoms with Gasteiger partial charge in [0.05, 0.1) is 0 Å². The Bertz CT molecular complexity index is 175. The Labute approximate surface area is 63.3 Å². The van der Waals surface area contributed by atoms with Gasteiger partial charge in [0, 0.05) is 6.04 Å². The maximum Gasteiger partial charge on any atom is 0.514 e. The van der Waals surface area contributed by atoms with Gasteiger partial charge >= 0.3 is 12.2 Å². The molecular weight excluding hydrogens is 150 g/mol. The Morgan fingerprint density at radius 3 is 2.45 bits per heavy atom. The van der Waals surface area contributed by atoms with Crippen LogP contribution in [0.4, 0.5) is 9.59 Å². The van der Waals surface area contributed by atoms with E-state index in [9.17, 15) is 9.59 Å². The molecule has 5 heteroatoms. The van der Waals surface area contributed by atoms with Crippen molar-refractivity contribution in [2.45, 2.75) is 25.3 Å². The van der Waals surface area contributed by atoms with E-state index < -0.39 is 12.2 Å². The number of carbonyl (C=O) groups excluding carboxylic acids is 1. The van der Waals surface area contributed by atoms with Crippen molar-refractivity contribution in [2.24, 2.45) is 0 Å². The van der Waals surface area contributed by atoms with Gasteiger partial charge in [-0.1, -0.05) is 0 Å². The molecule has 1 fully saturated rings. The van der Waals surface area contributed by atoms with Crippen molar-refractivity contribution in [2.75, 3.05) is 0 Å². The molecule has 0 aromatic rings. The first kappa shape index (κ1) is 7.84. The molecule has 62 valence electrons. The van der Waals surface area contributed by atoms with Crippen LogP contribution in [0.3, 0.4) is 0 Å². The van der Waals surface area contributed by atoms with Gasteiger partial charge < -0.3 is 15.2 Å². The summed E-state index contributed by atoms with van der Waals surface area (Å²) in [4.78, 5) is 20.4. The lowest BCUT2D eigenvalue weighted by atomic mass is 9.93. The van der Waals surface area contributed by atoms with Crippen LogP contribution in [0, 0.1) is 0 Å². The summed E-state index contributed by atoms with van der Waals surface area (Å²) in [6.07, 6.45) is 0.464. The number of alkyl carbamates (subject to hydrolysis) is 1. The summed E-state index contributed by atoms with van der Waals surface area (Å²) < 4.78 is 3.82. The number of nitrogens with one attached hydrogen (secondary N) is 1. The lowest BCUT2D eigenvalue weighted by molar-refractivity contribution is 0.105. The highest BCUT2D eigenvalue weighted by molar-refractivity contribution is 5.79. The minimum absolute atomic E-state index is 0.113. The molecule has 0 aliphatic heterocycles. The normalized spacial score (nSPS) is 16.7. The molecule has 5 nitrogen and oxygen atoms in total.